The van der Waals surface area contributed by atoms with Gasteiger partial charge in [0, 0.05) is 43.1 Å². The van der Waals surface area contributed by atoms with Crippen molar-refractivity contribution < 1.29 is 0 Å². The fraction of sp³-hybridized carbons (Fsp3) is 0.706. The van der Waals surface area contributed by atoms with Crippen LogP contribution in [0.25, 0.3) is 0 Å². The quantitative estimate of drug-likeness (QED) is 0.894. The largest absolute Gasteiger partial charge is 0.308 e. The Hall–Kier alpha value is -0.930. The van der Waals surface area contributed by atoms with Gasteiger partial charge in [-0.25, -0.2) is 0 Å². The molecule has 1 N–H and O–H groups in total. The molecule has 2 heterocycles. The van der Waals surface area contributed by atoms with Crippen LogP contribution in [-0.2, 0) is 6.54 Å². The van der Waals surface area contributed by atoms with Gasteiger partial charge in [0.15, 0.2) is 0 Å². The van der Waals surface area contributed by atoms with Crippen LogP contribution >= 0.6 is 0 Å². The van der Waals surface area contributed by atoms with E-state index in [-0.39, 0.29) is 11.1 Å². The molecule has 0 aromatic carbocycles. The van der Waals surface area contributed by atoms with Crippen LogP contribution in [0.15, 0.2) is 24.5 Å². The highest BCUT2D eigenvalue weighted by Gasteiger charge is 2.42. The van der Waals surface area contributed by atoms with E-state index < -0.39 is 0 Å². The van der Waals surface area contributed by atoms with Gasteiger partial charge < -0.3 is 5.32 Å². The summed E-state index contributed by atoms with van der Waals surface area (Å²) in [7, 11) is 0. The molecule has 20 heavy (non-hydrogen) atoms. The van der Waals surface area contributed by atoms with Crippen LogP contribution < -0.4 is 5.32 Å². The monoisotopic (exact) mass is 275 g/mol. The van der Waals surface area contributed by atoms with E-state index in [4.69, 9.17) is 0 Å². The number of piperazine rings is 1. The van der Waals surface area contributed by atoms with Crippen molar-refractivity contribution in [3.63, 3.8) is 0 Å². The zero-order valence-corrected chi connectivity index (χ0v) is 13.4. The molecule has 2 rings (SSSR count). The van der Waals surface area contributed by atoms with Gasteiger partial charge in [-0.15, -0.1) is 0 Å². The molecule has 0 aliphatic carbocycles. The van der Waals surface area contributed by atoms with E-state index in [1.165, 1.54) is 24.8 Å². The van der Waals surface area contributed by atoms with Crippen LogP contribution in [-0.4, -0.2) is 34.1 Å². The van der Waals surface area contributed by atoms with Crippen molar-refractivity contribution in [1.82, 2.24) is 15.2 Å². The van der Waals surface area contributed by atoms with Gasteiger partial charge in [0.2, 0.25) is 0 Å². The molecule has 1 atom stereocenters. The lowest BCUT2D eigenvalue weighted by atomic mass is 9.82. The highest BCUT2D eigenvalue weighted by molar-refractivity contribution is 5.12. The first-order valence-corrected chi connectivity index (χ1v) is 7.96. The SMILES string of the molecule is CCC1(C)CN(Cc2ccncc2)C(CC)(CC)CN1. The summed E-state index contributed by atoms with van der Waals surface area (Å²) in [6.45, 7) is 12.5. The van der Waals surface area contributed by atoms with Crippen molar-refractivity contribution in [2.24, 2.45) is 0 Å². The average molecular weight is 275 g/mol. The summed E-state index contributed by atoms with van der Waals surface area (Å²) in [6.07, 6.45) is 7.36. The van der Waals surface area contributed by atoms with E-state index in [0.29, 0.717) is 0 Å². The molecule has 0 saturated carbocycles. The average Bonchev–Trinajstić information content (AvgIpc) is 2.49. The number of pyridine rings is 1. The molecule has 1 aliphatic rings. The summed E-state index contributed by atoms with van der Waals surface area (Å²) in [5.41, 5.74) is 1.89. The Morgan fingerprint density at radius 3 is 2.35 bits per heavy atom. The van der Waals surface area contributed by atoms with E-state index in [0.717, 1.165) is 19.6 Å². The van der Waals surface area contributed by atoms with Gasteiger partial charge >= 0.3 is 0 Å². The lowest BCUT2D eigenvalue weighted by Gasteiger charge is -2.53. The summed E-state index contributed by atoms with van der Waals surface area (Å²) in [6, 6.07) is 4.28. The third kappa shape index (κ3) is 3.04. The van der Waals surface area contributed by atoms with Crippen molar-refractivity contribution in [3.05, 3.63) is 30.1 Å². The number of nitrogens with zero attached hydrogens (tertiary/aromatic N) is 2. The second-order valence-electron chi connectivity index (χ2n) is 6.41. The third-order valence-electron chi connectivity index (χ3n) is 5.27. The molecule has 1 aromatic heterocycles. The Morgan fingerprint density at radius 2 is 1.80 bits per heavy atom. The summed E-state index contributed by atoms with van der Waals surface area (Å²) < 4.78 is 0. The van der Waals surface area contributed by atoms with Crippen LogP contribution in [0.1, 0.15) is 52.5 Å². The fourth-order valence-electron chi connectivity index (χ4n) is 3.25. The molecule has 112 valence electrons. The van der Waals surface area contributed by atoms with Gasteiger partial charge in [-0.1, -0.05) is 20.8 Å². The first-order valence-electron chi connectivity index (χ1n) is 7.96. The maximum Gasteiger partial charge on any atom is 0.0333 e. The first-order chi connectivity index (χ1) is 9.57. The van der Waals surface area contributed by atoms with Gasteiger partial charge in [0.1, 0.15) is 0 Å². The van der Waals surface area contributed by atoms with E-state index >= 15 is 0 Å². The minimum Gasteiger partial charge on any atom is -0.308 e. The van der Waals surface area contributed by atoms with Crippen LogP contribution in [0.3, 0.4) is 0 Å². The Bertz CT molecular complexity index is 414. The van der Waals surface area contributed by atoms with Crippen molar-refractivity contribution in [2.45, 2.75) is 64.6 Å². The summed E-state index contributed by atoms with van der Waals surface area (Å²) in [4.78, 5) is 6.83. The maximum atomic E-state index is 4.13. The van der Waals surface area contributed by atoms with Crippen molar-refractivity contribution in [2.75, 3.05) is 13.1 Å². The molecule has 1 saturated heterocycles. The van der Waals surface area contributed by atoms with E-state index in [9.17, 15) is 0 Å². The smallest absolute Gasteiger partial charge is 0.0333 e. The Morgan fingerprint density at radius 1 is 1.15 bits per heavy atom. The van der Waals surface area contributed by atoms with Crippen LogP contribution in [0.4, 0.5) is 0 Å². The standard InChI is InChI=1S/C17H29N3/c1-5-16(4)14-20(12-15-8-10-18-11-9-15)17(6-2,7-3)13-19-16/h8-11,19H,5-7,12-14H2,1-4H3. The van der Waals surface area contributed by atoms with Crippen LogP contribution in [0.2, 0.25) is 0 Å². The van der Waals surface area contributed by atoms with Gasteiger partial charge in [0.25, 0.3) is 0 Å². The van der Waals surface area contributed by atoms with Crippen molar-refractivity contribution in [1.29, 1.82) is 0 Å². The number of hydrogen-bond donors (Lipinski definition) is 1. The lowest BCUT2D eigenvalue weighted by molar-refractivity contribution is -0.00409. The maximum absolute atomic E-state index is 4.13. The van der Waals surface area contributed by atoms with E-state index in [1.54, 1.807) is 0 Å². The summed E-state index contributed by atoms with van der Waals surface area (Å²) >= 11 is 0. The fourth-order valence-corrected chi connectivity index (χ4v) is 3.25. The topological polar surface area (TPSA) is 28.2 Å². The van der Waals surface area contributed by atoms with Crippen LogP contribution in [0.5, 0.6) is 0 Å². The predicted molar refractivity (Wildman–Crippen MR) is 84.7 cm³/mol. The molecule has 0 amide bonds. The Labute approximate surface area is 123 Å². The highest BCUT2D eigenvalue weighted by Crippen LogP contribution is 2.32. The zero-order chi connectivity index (χ0) is 14.6. The van der Waals surface area contributed by atoms with Crippen molar-refractivity contribution >= 4 is 0 Å². The third-order valence-corrected chi connectivity index (χ3v) is 5.27. The van der Waals surface area contributed by atoms with Crippen LogP contribution in [0, 0.1) is 0 Å². The van der Waals surface area contributed by atoms with Gasteiger partial charge in [-0.05, 0) is 43.9 Å². The minimum atomic E-state index is 0.237. The van der Waals surface area contributed by atoms with Gasteiger partial charge in [-0.2, -0.15) is 0 Å². The zero-order valence-electron chi connectivity index (χ0n) is 13.4. The molecule has 1 fully saturated rings. The molecule has 0 spiro atoms. The highest BCUT2D eigenvalue weighted by atomic mass is 15.3. The number of aromatic nitrogens is 1. The Kier molecular flexibility index (Phi) is 4.82. The first kappa shape index (κ1) is 15.5. The molecular formula is C17H29N3. The Balaban J connectivity index is 2.22. The molecule has 0 radical (unpaired) electrons. The molecule has 1 unspecified atom stereocenters. The van der Waals surface area contributed by atoms with Gasteiger partial charge in [-0.3, -0.25) is 9.88 Å². The van der Waals surface area contributed by atoms with E-state index in [2.05, 4.69) is 55.0 Å². The predicted octanol–water partition coefficient (Wildman–Crippen LogP) is 3.21. The molecule has 1 aliphatic heterocycles. The molecular weight excluding hydrogens is 246 g/mol. The molecule has 3 nitrogen and oxygen atoms in total. The minimum absolute atomic E-state index is 0.237. The number of rotatable bonds is 5. The van der Waals surface area contributed by atoms with Gasteiger partial charge in [0.05, 0.1) is 0 Å². The number of nitrogens with one attached hydrogen (secondary N) is 1. The molecule has 3 heteroatoms. The molecule has 1 aromatic rings. The summed E-state index contributed by atoms with van der Waals surface area (Å²) in [5.74, 6) is 0. The second kappa shape index (κ2) is 6.23. The normalized spacial score (nSPS) is 26.6. The lowest BCUT2D eigenvalue weighted by Crippen LogP contribution is -2.68. The second-order valence-corrected chi connectivity index (χ2v) is 6.41. The summed E-state index contributed by atoms with van der Waals surface area (Å²) in [5, 5.41) is 3.80. The van der Waals surface area contributed by atoms with E-state index in [1.807, 2.05) is 12.4 Å². The molecule has 0 bridgehead atoms. The van der Waals surface area contributed by atoms with Crippen molar-refractivity contribution in [3.8, 4) is 0 Å². The number of hydrogen-bond acceptors (Lipinski definition) is 3.